The Morgan fingerprint density at radius 3 is 2.29 bits per heavy atom. The monoisotopic (exact) mass is 492 g/mol. The third kappa shape index (κ3) is 3.88. The third-order valence-corrected chi connectivity index (χ3v) is 7.79. The van der Waals surface area contributed by atoms with Crippen molar-refractivity contribution in [2.24, 2.45) is 0 Å². The normalized spacial score (nSPS) is 15.1. The van der Waals surface area contributed by atoms with E-state index < -0.39 is 38.6 Å². The Balaban J connectivity index is 1.69. The average molecular weight is 493 g/mol. The summed E-state index contributed by atoms with van der Waals surface area (Å²) in [6.45, 7) is 1.78. The number of aromatic nitrogens is 1. The van der Waals surface area contributed by atoms with Gasteiger partial charge in [0.15, 0.2) is 5.82 Å². The number of pyridine rings is 1. The summed E-state index contributed by atoms with van der Waals surface area (Å²) < 4.78 is 58.9. The second kappa shape index (κ2) is 8.69. The lowest BCUT2D eigenvalue weighted by Crippen LogP contribution is -2.49. The van der Waals surface area contributed by atoms with Crippen molar-refractivity contribution >= 4 is 38.3 Å². The largest absolute Gasteiger partial charge is 0.477 e. The minimum absolute atomic E-state index is 0.0110. The highest BCUT2D eigenvalue weighted by Gasteiger charge is 2.31. The molecule has 0 bridgehead atoms. The van der Waals surface area contributed by atoms with Crippen LogP contribution < -0.4 is 16.1 Å². The van der Waals surface area contributed by atoms with Crippen molar-refractivity contribution in [2.45, 2.75) is 18.4 Å². The highest BCUT2D eigenvalue weighted by atomic mass is 32.2. The van der Waals surface area contributed by atoms with Gasteiger partial charge in [0, 0.05) is 44.6 Å². The summed E-state index contributed by atoms with van der Waals surface area (Å²) in [6.07, 6.45) is 1.04. The van der Waals surface area contributed by atoms with Crippen molar-refractivity contribution in [1.82, 2.24) is 8.87 Å². The molecule has 0 radical (unpaired) electrons. The second-order valence-corrected chi connectivity index (χ2v) is 9.78. The standard InChI is InChI=1S/C22H22F2N4O5S/c1-2-26-12-16(22(30)31)21(29)15-11-17(23)20(18(24)19(15)26)27-7-9-28(10-8-27)34(32,33)14-5-3-13(25)4-6-14/h3-6,11-12H,2,7-10,25H2,1H3,(H,30,31). The number of rotatable bonds is 5. The molecule has 1 aliphatic rings. The second-order valence-electron chi connectivity index (χ2n) is 7.84. The zero-order valence-electron chi connectivity index (χ0n) is 18.2. The molecule has 0 spiro atoms. The number of benzene rings is 2. The van der Waals surface area contributed by atoms with Gasteiger partial charge in [-0.15, -0.1) is 0 Å². The van der Waals surface area contributed by atoms with E-state index in [9.17, 15) is 23.1 Å². The Hall–Kier alpha value is -3.51. The van der Waals surface area contributed by atoms with E-state index in [1.165, 1.54) is 38.0 Å². The number of aromatic carboxylic acids is 1. The maximum atomic E-state index is 15.6. The molecule has 4 rings (SSSR count). The van der Waals surface area contributed by atoms with Gasteiger partial charge in [-0.2, -0.15) is 4.31 Å². The third-order valence-electron chi connectivity index (χ3n) is 5.87. The van der Waals surface area contributed by atoms with Crippen LogP contribution in [0.1, 0.15) is 17.3 Å². The van der Waals surface area contributed by atoms with Gasteiger partial charge in [-0.1, -0.05) is 0 Å². The SMILES string of the molecule is CCn1cc(C(=O)O)c(=O)c2cc(F)c(N3CCN(S(=O)(=O)c4ccc(N)cc4)CC3)c(F)c21. The molecule has 0 aliphatic carbocycles. The molecule has 2 aromatic carbocycles. The number of hydrogen-bond donors (Lipinski definition) is 2. The van der Waals surface area contributed by atoms with E-state index in [2.05, 4.69) is 0 Å². The quantitative estimate of drug-likeness (QED) is 0.523. The smallest absolute Gasteiger partial charge is 0.341 e. The van der Waals surface area contributed by atoms with Crippen LogP contribution in [0.2, 0.25) is 0 Å². The van der Waals surface area contributed by atoms with Crippen molar-refractivity contribution in [2.75, 3.05) is 36.8 Å². The molecule has 9 nitrogen and oxygen atoms in total. The molecule has 2 heterocycles. The molecule has 1 fully saturated rings. The van der Waals surface area contributed by atoms with Crippen LogP contribution in [0.15, 0.2) is 46.2 Å². The highest BCUT2D eigenvalue weighted by molar-refractivity contribution is 7.89. The first-order valence-electron chi connectivity index (χ1n) is 10.4. The highest BCUT2D eigenvalue weighted by Crippen LogP contribution is 2.31. The topological polar surface area (TPSA) is 126 Å². The fraction of sp³-hybridized carbons (Fsp3) is 0.273. The number of nitrogens with two attached hydrogens (primary N) is 1. The number of sulfonamides is 1. The van der Waals surface area contributed by atoms with Crippen LogP contribution in [0.5, 0.6) is 0 Å². The molecule has 0 amide bonds. The van der Waals surface area contributed by atoms with Crippen molar-refractivity contribution in [1.29, 1.82) is 0 Å². The van der Waals surface area contributed by atoms with E-state index in [4.69, 9.17) is 5.73 Å². The van der Waals surface area contributed by atoms with Crippen LogP contribution in [-0.2, 0) is 16.6 Å². The molecule has 180 valence electrons. The Morgan fingerprint density at radius 2 is 1.74 bits per heavy atom. The maximum Gasteiger partial charge on any atom is 0.341 e. The number of hydrogen-bond acceptors (Lipinski definition) is 6. The Kier molecular flexibility index (Phi) is 6.04. The van der Waals surface area contributed by atoms with Crippen LogP contribution in [0.4, 0.5) is 20.2 Å². The first kappa shape index (κ1) is 23.6. The number of carboxylic acids is 1. The van der Waals surface area contributed by atoms with Crippen molar-refractivity contribution in [3.8, 4) is 0 Å². The van der Waals surface area contributed by atoms with Crippen molar-refractivity contribution < 1.29 is 27.1 Å². The fourth-order valence-corrected chi connectivity index (χ4v) is 5.53. The minimum Gasteiger partial charge on any atom is -0.477 e. The number of nitrogen functional groups attached to an aromatic ring is 1. The predicted molar refractivity (Wildman–Crippen MR) is 123 cm³/mol. The summed E-state index contributed by atoms with van der Waals surface area (Å²) in [5.41, 5.74) is 3.89. The van der Waals surface area contributed by atoms with Gasteiger partial charge in [0.2, 0.25) is 15.5 Å². The number of halogens is 2. The Morgan fingerprint density at radius 1 is 1.12 bits per heavy atom. The van der Waals surface area contributed by atoms with E-state index >= 15 is 8.78 Å². The maximum absolute atomic E-state index is 15.6. The fourth-order valence-electron chi connectivity index (χ4n) is 4.11. The first-order valence-corrected chi connectivity index (χ1v) is 11.9. The molecule has 1 saturated heterocycles. The van der Waals surface area contributed by atoms with E-state index in [1.807, 2.05) is 0 Å². The lowest BCUT2D eigenvalue weighted by molar-refractivity contribution is 0.0694. The number of carbonyl (C=O) groups is 1. The van der Waals surface area contributed by atoms with Crippen LogP contribution in [-0.4, -0.2) is 54.5 Å². The van der Waals surface area contributed by atoms with Gasteiger partial charge in [0.25, 0.3) is 0 Å². The lowest BCUT2D eigenvalue weighted by atomic mass is 10.1. The van der Waals surface area contributed by atoms with E-state index in [1.54, 1.807) is 6.92 Å². The summed E-state index contributed by atoms with van der Waals surface area (Å²) in [4.78, 5) is 25.3. The first-order chi connectivity index (χ1) is 16.1. The number of nitrogens with zero attached hydrogens (tertiary/aromatic N) is 3. The average Bonchev–Trinajstić information content (AvgIpc) is 2.80. The number of fused-ring (bicyclic) bond motifs is 1. The van der Waals surface area contributed by atoms with E-state index in [0.717, 1.165) is 12.3 Å². The van der Waals surface area contributed by atoms with Crippen molar-refractivity contribution in [3.05, 3.63) is 63.9 Å². The van der Waals surface area contributed by atoms with Crippen LogP contribution in [0.3, 0.4) is 0 Å². The van der Waals surface area contributed by atoms with Gasteiger partial charge in [-0.25, -0.2) is 22.0 Å². The van der Waals surface area contributed by atoms with Crippen LogP contribution in [0, 0.1) is 11.6 Å². The zero-order valence-corrected chi connectivity index (χ0v) is 19.0. The van der Waals surface area contributed by atoms with Gasteiger partial charge in [-0.3, -0.25) is 4.79 Å². The van der Waals surface area contributed by atoms with Gasteiger partial charge < -0.3 is 20.3 Å². The molecule has 3 aromatic rings. The molecule has 0 unspecified atom stereocenters. The summed E-state index contributed by atoms with van der Waals surface area (Å²) in [5.74, 6) is -3.51. The molecule has 0 saturated carbocycles. The van der Waals surface area contributed by atoms with Crippen molar-refractivity contribution in [3.63, 3.8) is 0 Å². The molecular formula is C22H22F2N4O5S. The Bertz CT molecular complexity index is 1450. The molecule has 0 atom stereocenters. The summed E-state index contributed by atoms with van der Waals surface area (Å²) >= 11 is 0. The van der Waals surface area contributed by atoms with Gasteiger partial charge in [0.05, 0.1) is 15.8 Å². The molecule has 1 aliphatic heterocycles. The van der Waals surface area contributed by atoms with Crippen LogP contribution >= 0.6 is 0 Å². The zero-order chi connectivity index (χ0) is 24.8. The number of anilines is 2. The lowest BCUT2D eigenvalue weighted by Gasteiger charge is -2.35. The number of aryl methyl sites for hydroxylation is 1. The predicted octanol–water partition coefficient (Wildman–Crippen LogP) is 2.09. The van der Waals surface area contributed by atoms with E-state index in [-0.39, 0.29) is 54.2 Å². The summed E-state index contributed by atoms with van der Waals surface area (Å²) in [6, 6.07) is 6.59. The summed E-state index contributed by atoms with van der Waals surface area (Å²) in [7, 11) is -3.81. The molecular weight excluding hydrogens is 470 g/mol. The number of carboxylic acid groups (broad SMARTS) is 1. The molecule has 34 heavy (non-hydrogen) atoms. The number of piperazine rings is 1. The summed E-state index contributed by atoms with van der Waals surface area (Å²) in [5, 5.41) is 8.89. The Labute approximate surface area is 193 Å². The van der Waals surface area contributed by atoms with E-state index in [0.29, 0.717) is 5.69 Å². The molecule has 1 aromatic heterocycles. The molecule has 3 N–H and O–H groups in total. The molecule has 12 heteroatoms. The van der Waals surface area contributed by atoms with Gasteiger partial charge >= 0.3 is 5.97 Å². The van der Waals surface area contributed by atoms with Crippen LogP contribution in [0.25, 0.3) is 10.9 Å². The van der Waals surface area contributed by atoms with Gasteiger partial charge in [0.1, 0.15) is 17.1 Å². The van der Waals surface area contributed by atoms with Gasteiger partial charge in [-0.05, 0) is 37.3 Å². The minimum atomic E-state index is -3.81.